The van der Waals surface area contributed by atoms with Gasteiger partial charge in [0.25, 0.3) is 6.43 Å². The minimum atomic E-state index is -2.89. The molecule has 84 valence electrons. The van der Waals surface area contributed by atoms with E-state index < -0.39 is 22.6 Å². The van der Waals surface area contributed by atoms with Gasteiger partial charge in [-0.2, -0.15) is 5.26 Å². The Morgan fingerprint density at radius 2 is 2.31 bits per heavy atom. The van der Waals surface area contributed by atoms with Gasteiger partial charge in [0.05, 0.1) is 28.7 Å². The predicted molar refractivity (Wildman–Crippen MR) is 57.9 cm³/mol. The molecule has 0 aliphatic rings. The maximum absolute atomic E-state index is 12.7. The van der Waals surface area contributed by atoms with E-state index in [1.807, 2.05) is 0 Å². The van der Waals surface area contributed by atoms with Crippen molar-refractivity contribution in [2.45, 2.75) is 12.8 Å². The van der Waals surface area contributed by atoms with Crippen LogP contribution >= 0.6 is 22.6 Å². The van der Waals surface area contributed by atoms with E-state index in [1.165, 1.54) is 22.6 Å². The van der Waals surface area contributed by atoms with Crippen molar-refractivity contribution >= 4 is 28.3 Å². The first-order chi connectivity index (χ1) is 7.49. The molecule has 0 N–H and O–H groups in total. The highest BCUT2D eigenvalue weighted by atomic mass is 127. The van der Waals surface area contributed by atoms with E-state index >= 15 is 0 Å². The van der Waals surface area contributed by atoms with Gasteiger partial charge >= 0.3 is 5.69 Å². The van der Waals surface area contributed by atoms with Crippen molar-refractivity contribution in [1.82, 2.24) is 4.98 Å². The van der Waals surface area contributed by atoms with Gasteiger partial charge in [0.1, 0.15) is 9.77 Å². The topological polar surface area (TPSA) is 79.8 Å². The van der Waals surface area contributed by atoms with Gasteiger partial charge < -0.3 is 0 Å². The largest absolute Gasteiger partial charge is 0.301 e. The molecular weight excluding hydrogens is 335 g/mol. The first kappa shape index (κ1) is 12.7. The molecule has 0 bridgehead atoms. The molecule has 0 saturated carbocycles. The minimum absolute atomic E-state index is 0.118. The summed E-state index contributed by atoms with van der Waals surface area (Å²) in [6, 6.07) is 1.69. The first-order valence-electron chi connectivity index (χ1n) is 3.95. The summed E-state index contributed by atoms with van der Waals surface area (Å²) in [5.41, 5.74) is -1.12. The molecule has 1 aromatic heterocycles. The van der Waals surface area contributed by atoms with Crippen molar-refractivity contribution in [3.05, 3.63) is 31.1 Å². The Morgan fingerprint density at radius 3 is 2.75 bits per heavy atom. The molecule has 0 aliphatic carbocycles. The molecule has 0 saturated heterocycles. The van der Waals surface area contributed by atoms with Crippen LogP contribution in [-0.4, -0.2) is 9.91 Å². The minimum Gasteiger partial charge on any atom is -0.258 e. The molecule has 5 nitrogen and oxygen atoms in total. The van der Waals surface area contributed by atoms with E-state index in [1.54, 1.807) is 6.07 Å². The summed E-state index contributed by atoms with van der Waals surface area (Å²) in [6.07, 6.45) is -2.30. The van der Waals surface area contributed by atoms with Gasteiger partial charge in [-0.15, -0.1) is 0 Å². The summed E-state index contributed by atoms with van der Waals surface area (Å²) in [7, 11) is 0. The van der Waals surface area contributed by atoms with E-state index in [-0.39, 0.29) is 15.7 Å². The zero-order chi connectivity index (χ0) is 12.3. The molecule has 0 radical (unpaired) electrons. The maximum Gasteiger partial charge on any atom is 0.301 e. The molecule has 0 fully saturated rings. The van der Waals surface area contributed by atoms with E-state index in [9.17, 15) is 18.9 Å². The lowest BCUT2D eigenvalue weighted by Gasteiger charge is -2.07. The molecule has 8 heteroatoms. The second-order valence-electron chi connectivity index (χ2n) is 2.71. The Labute approximate surface area is 102 Å². The van der Waals surface area contributed by atoms with Crippen molar-refractivity contribution in [3.63, 3.8) is 0 Å². The summed E-state index contributed by atoms with van der Waals surface area (Å²) >= 11 is 1.47. The van der Waals surface area contributed by atoms with Crippen LogP contribution in [0.15, 0.2) is 6.20 Å². The van der Waals surface area contributed by atoms with Crippen LogP contribution in [-0.2, 0) is 6.42 Å². The highest BCUT2D eigenvalue weighted by Gasteiger charge is 2.25. The summed E-state index contributed by atoms with van der Waals surface area (Å²) in [6.45, 7) is 0. The van der Waals surface area contributed by atoms with Crippen LogP contribution in [0.25, 0.3) is 0 Å². The quantitative estimate of drug-likeness (QED) is 0.482. The lowest BCUT2D eigenvalue weighted by atomic mass is 10.1. The van der Waals surface area contributed by atoms with Crippen LogP contribution in [0.1, 0.15) is 17.7 Å². The van der Waals surface area contributed by atoms with Crippen molar-refractivity contribution in [3.8, 4) is 6.07 Å². The number of aromatic nitrogens is 1. The van der Waals surface area contributed by atoms with Gasteiger partial charge in [0.15, 0.2) is 0 Å². The molecule has 0 aromatic carbocycles. The van der Waals surface area contributed by atoms with Crippen LogP contribution in [0.3, 0.4) is 0 Å². The van der Waals surface area contributed by atoms with Gasteiger partial charge in [-0.05, 0) is 22.6 Å². The normalized spacial score (nSPS) is 10.2. The number of hydrogen-bond donors (Lipinski definition) is 0. The molecular formula is C8H4F2IN3O2. The monoisotopic (exact) mass is 339 g/mol. The van der Waals surface area contributed by atoms with Gasteiger partial charge in [0.2, 0.25) is 0 Å². The number of halogens is 3. The molecule has 0 unspecified atom stereocenters. The van der Waals surface area contributed by atoms with E-state index in [2.05, 4.69) is 4.98 Å². The van der Waals surface area contributed by atoms with Gasteiger partial charge in [-0.25, -0.2) is 8.78 Å². The lowest BCUT2D eigenvalue weighted by molar-refractivity contribution is -0.386. The van der Waals surface area contributed by atoms with E-state index in [0.717, 1.165) is 6.20 Å². The van der Waals surface area contributed by atoms with E-state index in [4.69, 9.17) is 5.26 Å². The number of rotatable bonds is 3. The summed E-state index contributed by atoms with van der Waals surface area (Å²) < 4.78 is 25.2. The van der Waals surface area contributed by atoms with Crippen LogP contribution in [0.4, 0.5) is 14.5 Å². The molecule has 1 rings (SSSR count). The fourth-order valence-corrected chi connectivity index (χ4v) is 1.98. The average molecular weight is 339 g/mol. The smallest absolute Gasteiger partial charge is 0.258 e. The summed E-state index contributed by atoms with van der Waals surface area (Å²) in [5.74, 6) is 0. The lowest BCUT2D eigenvalue weighted by Crippen LogP contribution is -2.04. The highest BCUT2D eigenvalue weighted by molar-refractivity contribution is 14.1. The number of hydrogen-bond acceptors (Lipinski definition) is 4. The first-order valence-corrected chi connectivity index (χ1v) is 5.03. The fraction of sp³-hybridized carbons (Fsp3) is 0.250. The van der Waals surface area contributed by atoms with Crippen molar-refractivity contribution in [2.24, 2.45) is 0 Å². The second kappa shape index (κ2) is 5.11. The molecule has 16 heavy (non-hydrogen) atoms. The number of nitro groups is 1. The summed E-state index contributed by atoms with van der Waals surface area (Å²) in [5, 5.41) is 18.9. The predicted octanol–water partition coefficient (Wildman–Crippen LogP) is 2.60. The fourth-order valence-electron chi connectivity index (χ4n) is 1.09. The third-order valence-corrected chi connectivity index (χ3v) is 2.91. The van der Waals surface area contributed by atoms with Crippen LogP contribution in [0.2, 0.25) is 0 Å². The van der Waals surface area contributed by atoms with Gasteiger partial charge in [-0.1, -0.05) is 0 Å². The van der Waals surface area contributed by atoms with E-state index in [0.29, 0.717) is 0 Å². The standard InChI is InChI=1S/C8H4F2IN3O2/c9-8(10)6-4(1-2-12)13-3-5(7(6)11)14(15)16/h3,8H,1H2. The van der Waals surface area contributed by atoms with Crippen LogP contribution in [0.5, 0.6) is 0 Å². The summed E-state index contributed by atoms with van der Waals surface area (Å²) in [4.78, 5) is 13.3. The Balaban J connectivity index is 3.42. The molecule has 0 amide bonds. The number of alkyl halides is 2. The maximum atomic E-state index is 12.7. The second-order valence-corrected chi connectivity index (χ2v) is 3.79. The Morgan fingerprint density at radius 1 is 1.69 bits per heavy atom. The third kappa shape index (κ3) is 2.41. The highest BCUT2D eigenvalue weighted by Crippen LogP contribution is 2.32. The number of pyridine rings is 1. The molecule has 0 atom stereocenters. The van der Waals surface area contributed by atoms with Gasteiger partial charge in [0, 0.05) is 0 Å². The average Bonchev–Trinajstić information content (AvgIpc) is 2.17. The number of nitrogens with zero attached hydrogens (tertiary/aromatic N) is 3. The Kier molecular flexibility index (Phi) is 4.05. The molecule has 1 heterocycles. The SMILES string of the molecule is N#CCc1ncc([N+](=O)[O-])c(I)c1C(F)F. The zero-order valence-corrected chi connectivity index (χ0v) is 9.81. The van der Waals surface area contributed by atoms with Crippen molar-refractivity contribution < 1.29 is 13.7 Å². The Bertz CT molecular complexity index is 473. The van der Waals surface area contributed by atoms with Gasteiger partial charge in [-0.3, -0.25) is 15.1 Å². The molecule has 0 aliphatic heterocycles. The Hall–Kier alpha value is -1.37. The van der Waals surface area contributed by atoms with Crippen LogP contribution in [0, 0.1) is 25.0 Å². The van der Waals surface area contributed by atoms with Crippen molar-refractivity contribution in [2.75, 3.05) is 0 Å². The van der Waals surface area contributed by atoms with Crippen molar-refractivity contribution in [1.29, 1.82) is 5.26 Å². The molecule has 1 aromatic rings. The zero-order valence-electron chi connectivity index (χ0n) is 7.65. The number of nitriles is 1. The third-order valence-electron chi connectivity index (χ3n) is 1.78. The van der Waals surface area contributed by atoms with Crippen LogP contribution < -0.4 is 0 Å². The molecule has 0 spiro atoms.